The Morgan fingerprint density at radius 2 is 1.88 bits per heavy atom. The summed E-state index contributed by atoms with van der Waals surface area (Å²) in [4.78, 5) is 53.3. The second-order valence-electron chi connectivity index (χ2n) is 10.5. The molecule has 3 unspecified atom stereocenters. The van der Waals surface area contributed by atoms with Crippen molar-refractivity contribution in [2.75, 3.05) is 20.1 Å². The molecule has 3 atom stereocenters. The molecule has 2 saturated heterocycles. The lowest BCUT2D eigenvalue weighted by Gasteiger charge is -2.44. The van der Waals surface area contributed by atoms with Gasteiger partial charge in [0.1, 0.15) is 11.6 Å². The van der Waals surface area contributed by atoms with E-state index in [0.29, 0.717) is 35.3 Å². The maximum absolute atomic E-state index is 13.1. The number of alkyl halides is 3. The molecule has 2 aromatic rings. The lowest BCUT2D eigenvalue weighted by molar-refractivity contribution is -0.144. The van der Waals surface area contributed by atoms with E-state index in [-0.39, 0.29) is 50.1 Å². The Labute approximate surface area is 228 Å². The van der Waals surface area contributed by atoms with E-state index in [4.69, 9.17) is 0 Å². The molecule has 2 aromatic carbocycles. The van der Waals surface area contributed by atoms with Gasteiger partial charge in [-0.3, -0.25) is 29.4 Å². The highest BCUT2D eigenvalue weighted by molar-refractivity contribution is 6.05. The van der Waals surface area contributed by atoms with Gasteiger partial charge in [-0.15, -0.1) is 0 Å². The van der Waals surface area contributed by atoms with E-state index in [2.05, 4.69) is 10.6 Å². The number of likely N-dealkylation sites (tertiary alicyclic amines) is 1. The van der Waals surface area contributed by atoms with Crippen molar-refractivity contribution < 1.29 is 37.5 Å². The standard InChI is InChI=1S/C28H29F3N4O5/c1-32-24(37)21-15-34(13-16-2-4-18(5-3-16)28(29,30)31)11-10-27(21,40)19-6-7-20-17(12-19)14-35(26(20)39)22-8-9-23(36)33-25(22)38/h2-7,12,21-22,40H,8-11,13-15H2,1H3,(H,32,37)(H,33,36,38). The lowest BCUT2D eigenvalue weighted by atomic mass is 9.74. The van der Waals surface area contributed by atoms with Crippen LogP contribution in [-0.2, 0) is 39.3 Å². The van der Waals surface area contributed by atoms with Gasteiger partial charge in [0.25, 0.3) is 5.91 Å². The number of piperidine rings is 2. The van der Waals surface area contributed by atoms with Crippen LogP contribution in [-0.4, -0.2) is 64.7 Å². The number of nitrogens with one attached hydrogen (secondary N) is 2. The monoisotopic (exact) mass is 558 g/mol. The summed E-state index contributed by atoms with van der Waals surface area (Å²) in [5.74, 6) is -2.50. The zero-order valence-corrected chi connectivity index (χ0v) is 21.8. The number of hydrogen-bond acceptors (Lipinski definition) is 6. The van der Waals surface area contributed by atoms with Crippen LogP contribution in [0.2, 0.25) is 0 Å². The number of carbonyl (C=O) groups is 4. The van der Waals surface area contributed by atoms with Crippen molar-refractivity contribution in [3.8, 4) is 0 Å². The van der Waals surface area contributed by atoms with Crippen LogP contribution in [0.1, 0.15) is 51.9 Å². The van der Waals surface area contributed by atoms with E-state index in [0.717, 1.165) is 12.1 Å². The first-order valence-corrected chi connectivity index (χ1v) is 13.0. The minimum absolute atomic E-state index is 0.134. The van der Waals surface area contributed by atoms with Crippen molar-refractivity contribution in [2.45, 2.75) is 50.2 Å². The molecule has 40 heavy (non-hydrogen) atoms. The number of hydrogen-bond donors (Lipinski definition) is 3. The second kappa shape index (κ2) is 10.3. The number of fused-ring (bicyclic) bond motifs is 1. The highest BCUT2D eigenvalue weighted by atomic mass is 19.4. The van der Waals surface area contributed by atoms with Crippen LogP contribution in [0.5, 0.6) is 0 Å². The minimum atomic E-state index is -4.43. The zero-order chi connectivity index (χ0) is 28.8. The van der Waals surface area contributed by atoms with Gasteiger partial charge in [-0.2, -0.15) is 13.2 Å². The fourth-order valence-electron chi connectivity index (χ4n) is 5.87. The second-order valence-corrected chi connectivity index (χ2v) is 10.5. The van der Waals surface area contributed by atoms with Crippen molar-refractivity contribution >= 4 is 23.6 Å². The molecule has 5 rings (SSSR count). The van der Waals surface area contributed by atoms with E-state index < -0.39 is 35.2 Å². The topological polar surface area (TPSA) is 119 Å². The predicted octanol–water partition coefficient (Wildman–Crippen LogP) is 1.92. The Balaban J connectivity index is 1.35. The summed E-state index contributed by atoms with van der Waals surface area (Å²) in [5.41, 5.74) is -0.169. The summed E-state index contributed by atoms with van der Waals surface area (Å²) in [6.45, 7) is 0.982. The summed E-state index contributed by atoms with van der Waals surface area (Å²) in [6, 6.07) is 9.00. The van der Waals surface area contributed by atoms with Gasteiger partial charge < -0.3 is 15.3 Å². The van der Waals surface area contributed by atoms with Gasteiger partial charge in [-0.25, -0.2) is 0 Å². The SMILES string of the molecule is CNC(=O)C1CN(Cc2ccc(C(F)(F)F)cc2)CCC1(O)c1ccc2c(c1)CN(C1CCC(=O)NC1=O)C2=O. The van der Waals surface area contributed by atoms with Gasteiger partial charge in [0.05, 0.1) is 11.5 Å². The van der Waals surface area contributed by atoms with Gasteiger partial charge in [0.2, 0.25) is 17.7 Å². The maximum atomic E-state index is 13.1. The molecule has 0 aliphatic carbocycles. The van der Waals surface area contributed by atoms with Crippen LogP contribution < -0.4 is 10.6 Å². The number of amides is 4. The predicted molar refractivity (Wildman–Crippen MR) is 135 cm³/mol. The van der Waals surface area contributed by atoms with Gasteiger partial charge in [-0.05, 0) is 47.7 Å². The van der Waals surface area contributed by atoms with Gasteiger partial charge >= 0.3 is 6.18 Å². The van der Waals surface area contributed by atoms with Gasteiger partial charge in [0, 0.05) is 45.2 Å². The van der Waals surface area contributed by atoms with Crippen LogP contribution in [0.3, 0.4) is 0 Å². The molecule has 3 N–H and O–H groups in total. The smallest absolute Gasteiger partial charge is 0.384 e. The van der Waals surface area contributed by atoms with E-state index in [1.807, 2.05) is 4.90 Å². The quantitative estimate of drug-likeness (QED) is 0.483. The first-order chi connectivity index (χ1) is 18.9. The average Bonchev–Trinajstić information content (AvgIpc) is 3.24. The maximum Gasteiger partial charge on any atom is 0.416 e. The minimum Gasteiger partial charge on any atom is -0.384 e. The van der Waals surface area contributed by atoms with Crippen molar-refractivity contribution in [2.24, 2.45) is 5.92 Å². The normalized spacial score (nSPS) is 25.5. The Bertz CT molecular complexity index is 1360. The highest BCUT2D eigenvalue weighted by Crippen LogP contribution is 2.40. The molecule has 0 saturated carbocycles. The number of rotatable bonds is 5. The molecule has 4 amide bonds. The third-order valence-corrected chi connectivity index (χ3v) is 8.10. The number of aliphatic hydroxyl groups is 1. The fourth-order valence-corrected chi connectivity index (χ4v) is 5.87. The first kappa shape index (κ1) is 27.8. The van der Waals surface area contributed by atoms with Crippen LogP contribution in [0.15, 0.2) is 42.5 Å². The van der Waals surface area contributed by atoms with Crippen LogP contribution in [0, 0.1) is 5.92 Å². The Morgan fingerprint density at radius 3 is 2.52 bits per heavy atom. The summed E-state index contributed by atoms with van der Waals surface area (Å²) < 4.78 is 38.8. The number of carbonyl (C=O) groups excluding carboxylic acids is 4. The van der Waals surface area contributed by atoms with Crippen LogP contribution in [0.25, 0.3) is 0 Å². The lowest BCUT2D eigenvalue weighted by Crippen LogP contribution is -2.55. The molecule has 0 radical (unpaired) electrons. The van der Waals surface area contributed by atoms with Crippen LogP contribution >= 0.6 is 0 Å². The zero-order valence-electron chi connectivity index (χ0n) is 21.8. The third kappa shape index (κ3) is 5.08. The molecule has 0 bridgehead atoms. The Hall–Kier alpha value is -3.77. The van der Waals surface area contributed by atoms with Crippen molar-refractivity contribution in [1.29, 1.82) is 0 Å². The molecule has 0 aromatic heterocycles. The third-order valence-electron chi connectivity index (χ3n) is 8.10. The van der Waals surface area contributed by atoms with E-state index in [1.165, 1.54) is 24.1 Å². The summed E-state index contributed by atoms with van der Waals surface area (Å²) >= 11 is 0. The molecular formula is C28H29F3N4O5. The van der Waals surface area contributed by atoms with Crippen molar-refractivity contribution in [3.63, 3.8) is 0 Å². The fraction of sp³-hybridized carbons (Fsp3) is 0.429. The molecule has 3 heterocycles. The average molecular weight is 559 g/mol. The van der Waals surface area contributed by atoms with E-state index in [9.17, 15) is 37.5 Å². The molecule has 0 spiro atoms. The van der Waals surface area contributed by atoms with Crippen molar-refractivity contribution in [1.82, 2.24) is 20.4 Å². The molecular weight excluding hydrogens is 529 g/mol. The largest absolute Gasteiger partial charge is 0.416 e. The number of nitrogens with zero attached hydrogens (tertiary/aromatic N) is 2. The van der Waals surface area contributed by atoms with Gasteiger partial charge in [0.15, 0.2) is 0 Å². The summed E-state index contributed by atoms with van der Waals surface area (Å²) in [7, 11) is 1.47. The molecule has 12 heteroatoms. The molecule has 3 aliphatic heterocycles. The highest BCUT2D eigenvalue weighted by Gasteiger charge is 2.47. The number of benzene rings is 2. The van der Waals surface area contributed by atoms with Crippen LogP contribution in [0.4, 0.5) is 13.2 Å². The number of imide groups is 1. The Kier molecular flexibility index (Phi) is 7.17. The summed E-state index contributed by atoms with van der Waals surface area (Å²) in [6.07, 6.45) is -3.88. The van der Waals surface area contributed by atoms with Gasteiger partial charge in [-0.1, -0.05) is 24.3 Å². The molecule has 9 nitrogen and oxygen atoms in total. The summed E-state index contributed by atoms with van der Waals surface area (Å²) in [5, 5.41) is 16.8. The molecule has 212 valence electrons. The Morgan fingerprint density at radius 1 is 1.15 bits per heavy atom. The van der Waals surface area contributed by atoms with Crippen molar-refractivity contribution in [3.05, 3.63) is 70.3 Å². The first-order valence-electron chi connectivity index (χ1n) is 13.0. The van der Waals surface area contributed by atoms with E-state index in [1.54, 1.807) is 18.2 Å². The molecule has 3 aliphatic rings. The molecule has 2 fully saturated rings. The number of halogens is 3. The van der Waals surface area contributed by atoms with E-state index >= 15 is 0 Å².